The first-order chi connectivity index (χ1) is 14.0. The van der Waals surface area contributed by atoms with Gasteiger partial charge in [-0.25, -0.2) is 4.99 Å². The molecule has 0 atom stereocenters. The van der Waals surface area contributed by atoms with Gasteiger partial charge >= 0.3 is 0 Å². The Labute approximate surface area is 177 Å². The monoisotopic (exact) mass is 410 g/mol. The summed E-state index contributed by atoms with van der Waals surface area (Å²) in [6, 6.07) is 0. The number of amides is 1. The Morgan fingerprint density at radius 3 is 2.10 bits per heavy atom. The maximum atomic E-state index is 11.9. The van der Waals surface area contributed by atoms with Gasteiger partial charge in [0.2, 0.25) is 5.91 Å². The van der Waals surface area contributed by atoms with Crippen molar-refractivity contribution in [1.82, 2.24) is 25.3 Å². The molecule has 2 aliphatic rings. The molecule has 8 heteroatoms. The molecule has 0 spiro atoms. The molecule has 0 radical (unpaired) electrons. The van der Waals surface area contributed by atoms with E-state index in [0.29, 0.717) is 0 Å². The molecular weight excluding hydrogens is 368 g/mol. The highest BCUT2D eigenvalue weighted by Crippen LogP contribution is 2.15. The molecule has 2 saturated heterocycles. The molecule has 0 aromatic rings. The Morgan fingerprint density at radius 1 is 1.00 bits per heavy atom. The SMILES string of the molecule is CC1CCN(CCCNC(=NCC(=O)N(C)C)NCCCN2CCOCC2)CC1. The van der Waals surface area contributed by atoms with Crippen LogP contribution in [0.4, 0.5) is 0 Å². The summed E-state index contributed by atoms with van der Waals surface area (Å²) in [6.07, 6.45) is 4.77. The van der Waals surface area contributed by atoms with Gasteiger partial charge in [-0.2, -0.15) is 0 Å². The third-order valence-corrected chi connectivity index (χ3v) is 5.74. The molecule has 2 N–H and O–H groups in total. The van der Waals surface area contributed by atoms with Crippen LogP contribution in [0.15, 0.2) is 4.99 Å². The number of morpholine rings is 1. The van der Waals surface area contributed by atoms with Gasteiger partial charge in [0.25, 0.3) is 0 Å². The van der Waals surface area contributed by atoms with E-state index in [-0.39, 0.29) is 12.5 Å². The number of nitrogens with zero attached hydrogens (tertiary/aromatic N) is 4. The van der Waals surface area contributed by atoms with Gasteiger partial charge in [-0.15, -0.1) is 0 Å². The summed E-state index contributed by atoms with van der Waals surface area (Å²) in [5.41, 5.74) is 0. The molecule has 2 aliphatic heterocycles. The topological polar surface area (TPSA) is 72.4 Å². The number of carbonyl (C=O) groups is 1. The number of nitrogens with one attached hydrogen (secondary N) is 2. The number of aliphatic imine (C=N–C) groups is 1. The van der Waals surface area contributed by atoms with E-state index in [0.717, 1.165) is 77.2 Å². The zero-order valence-corrected chi connectivity index (χ0v) is 18.8. The summed E-state index contributed by atoms with van der Waals surface area (Å²) in [4.78, 5) is 22.9. The molecule has 168 valence electrons. The summed E-state index contributed by atoms with van der Waals surface area (Å²) in [7, 11) is 3.53. The fourth-order valence-electron chi connectivity index (χ4n) is 3.59. The predicted octanol–water partition coefficient (Wildman–Crippen LogP) is 0.454. The lowest BCUT2D eigenvalue weighted by Crippen LogP contribution is -2.42. The van der Waals surface area contributed by atoms with Crippen molar-refractivity contribution in [3.05, 3.63) is 0 Å². The van der Waals surface area contributed by atoms with Crippen LogP contribution >= 0.6 is 0 Å². The third-order valence-electron chi connectivity index (χ3n) is 5.74. The molecule has 8 nitrogen and oxygen atoms in total. The second kappa shape index (κ2) is 13.8. The van der Waals surface area contributed by atoms with Gasteiger partial charge < -0.3 is 25.2 Å². The van der Waals surface area contributed by atoms with Crippen molar-refractivity contribution >= 4 is 11.9 Å². The van der Waals surface area contributed by atoms with Crippen LogP contribution in [-0.4, -0.2) is 113 Å². The first-order valence-corrected chi connectivity index (χ1v) is 11.3. The van der Waals surface area contributed by atoms with Crippen LogP contribution < -0.4 is 10.6 Å². The predicted molar refractivity (Wildman–Crippen MR) is 118 cm³/mol. The van der Waals surface area contributed by atoms with Crippen LogP contribution in [-0.2, 0) is 9.53 Å². The van der Waals surface area contributed by atoms with Crippen molar-refractivity contribution in [3.8, 4) is 0 Å². The quantitative estimate of drug-likeness (QED) is 0.310. The lowest BCUT2D eigenvalue weighted by atomic mass is 9.99. The Bertz CT molecular complexity index is 486. The van der Waals surface area contributed by atoms with Crippen LogP contribution in [0.5, 0.6) is 0 Å². The van der Waals surface area contributed by atoms with Gasteiger partial charge in [-0.1, -0.05) is 6.92 Å². The maximum absolute atomic E-state index is 11.9. The number of ether oxygens (including phenoxy) is 1. The molecule has 0 saturated carbocycles. The zero-order valence-electron chi connectivity index (χ0n) is 18.8. The second-order valence-corrected chi connectivity index (χ2v) is 8.49. The summed E-state index contributed by atoms with van der Waals surface area (Å²) in [5.74, 6) is 1.63. The molecular formula is C21H42N6O2. The highest BCUT2D eigenvalue weighted by atomic mass is 16.5. The summed E-state index contributed by atoms with van der Waals surface area (Å²) >= 11 is 0. The van der Waals surface area contributed by atoms with Gasteiger partial charge in [0.1, 0.15) is 6.54 Å². The van der Waals surface area contributed by atoms with Crippen LogP contribution in [0.2, 0.25) is 0 Å². The fourth-order valence-corrected chi connectivity index (χ4v) is 3.59. The van der Waals surface area contributed by atoms with E-state index in [1.165, 1.54) is 25.9 Å². The van der Waals surface area contributed by atoms with Crippen LogP contribution in [0.3, 0.4) is 0 Å². The number of hydrogen-bond donors (Lipinski definition) is 2. The fraction of sp³-hybridized carbons (Fsp3) is 0.905. The van der Waals surface area contributed by atoms with Gasteiger partial charge in [0.15, 0.2) is 5.96 Å². The molecule has 1 amide bonds. The Balaban J connectivity index is 1.67. The minimum Gasteiger partial charge on any atom is -0.379 e. The number of piperidine rings is 1. The van der Waals surface area contributed by atoms with Gasteiger partial charge in [0, 0.05) is 40.3 Å². The molecule has 2 fully saturated rings. The van der Waals surface area contributed by atoms with Crippen LogP contribution in [0.25, 0.3) is 0 Å². The largest absolute Gasteiger partial charge is 0.379 e. The van der Waals surface area contributed by atoms with Crippen molar-refractivity contribution in [3.63, 3.8) is 0 Å². The number of likely N-dealkylation sites (N-methyl/N-ethyl adjacent to an activating group) is 1. The lowest BCUT2D eigenvalue weighted by molar-refractivity contribution is -0.127. The number of guanidine groups is 1. The lowest BCUT2D eigenvalue weighted by Gasteiger charge is -2.30. The smallest absolute Gasteiger partial charge is 0.243 e. The first kappa shape index (κ1) is 23.9. The molecule has 0 aromatic heterocycles. The summed E-state index contributed by atoms with van der Waals surface area (Å²) < 4.78 is 5.40. The van der Waals surface area contributed by atoms with Crippen molar-refractivity contribution in [2.24, 2.45) is 10.9 Å². The van der Waals surface area contributed by atoms with E-state index in [1.807, 2.05) is 0 Å². The highest BCUT2D eigenvalue weighted by molar-refractivity contribution is 5.84. The van der Waals surface area contributed by atoms with E-state index in [1.54, 1.807) is 19.0 Å². The number of likely N-dealkylation sites (tertiary alicyclic amines) is 1. The van der Waals surface area contributed by atoms with Gasteiger partial charge in [-0.05, 0) is 57.8 Å². The van der Waals surface area contributed by atoms with Crippen molar-refractivity contribution < 1.29 is 9.53 Å². The number of rotatable bonds is 10. The van der Waals surface area contributed by atoms with Crippen LogP contribution in [0.1, 0.15) is 32.6 Å². The molecule has 2 rings (SSSR count). The normalized spacial score (nSPS) is 19.9. The minimum atomic E-state index is 0.0156. The van der Waals surface area contributed by atoms with Crippen molar-refractivity contribution in [2.45, 2.75) is 32.6 Å². The summed E-state index contributed by atoms with van der Waals surface area (Å²) in [5, 5.41) is 6.80. The Kier molecular flexibility index (Phi) is 11.3. The Hall–Kier alpha value is -1.38. The van der Waals surface area contributed by atoms with E-state index in [2.05, 4.69) is 32.3 Å². The van der Waals surface area contributed by atoms with Crippen molar-refractivity contribution in [1.29, 1.82) is 0 Å². The van der Waals surface area contributed by atoms with E-state index in [4.69, 9.17) is 4.74 Å². The van der Waals surface area contributed by atoms with E-state index in [9.17, 15) is 4.79 Å². The average Bonchev–Trinajstić information content (AvgIpc) is 2.73. The molecule has 29 heavy (non-hydrogen) atoms. The second-order valence-electron chi connectivity index (χ2n) is 8.49. The molecule has 0 bridgehead atoms. The van der Waals surface area contributed by atoms with Crippen molar-refractivity contribution in [2.75, 3.05) is 86.2 Å². The van der Waals surface area contributed by atoms with E-state index < -0.39 is 0 Å². The number of carbonyl (C=O) groups excluding carboxylic acids is 1. The molecule has 2 heterocycles. The highest BCUT2D eigenvalue weighted by Gasteiger charge is 2.15. The Morgan fingerprint density at radius 2 is 1.55 bits per heavy atom. The average molecular weight is 411 g/mol. The van der Waals surface area contributed by atoms with Gasteiger partial charge in [0.05, 0.1) is 13.2 Å². The zero-order chi connectivity index (χ0) is 20.9. The molecule has 0 aliphatic carbocycles. The molecule has 0 aromatic carbocycles. The number of hydrogen-bond acceptors (Lipinski definition) is 5. The third kappa shape index (κ3) is 10.3. The minimum absolute atomic E-state index is 0.0156. The van der Waals surface area contributed by atoms with Crippen LogP contribution in [0, 0.1) is 5.92 Å². The van der Waals surface area contributed by atoms with E-state index >= 15 is 0 Å². The first-order valence-electron chi connectivity index (χ1n) is 11.3. The maximum Gasteiger partial charge on any atom is 0.243 e. The standard InChI is InChI=1S/C21H42N6O2/c1-19-6-12-26(13-7-19)10-4-8-22-21(24-18-20(28)25(2)3)23-9-5-11-27-14-16-29-17-15-27/h19H,4-18H2,1-3H3,(H2,22,23,24). The van der Waals surface area contributed by atoms with Gasteiger partial charge in [-0.3, -0.25) is 9.69 Å². The summed E-state index contributed by atoms with van der Waals surface area (Å²) in [6.45, 7) is 12.6. The molecule has 0 unspecified atom stereocenters.